The van der Waals surface area contributed by atoms with Crippen LogP contribution >= 0.6 is 0 Å². The second-order valence-electron chi connectivity index (χ2n) is 8.99. The number of likely N-dealkylation sites (tertiary alicyclic amines) is 1. The lowest BCUT2D eigenvalue weighted by Crippen LogP contribution is -2.47. The molecule has 1 saturated heterocycles. The maximum Gasteiger partial charge on any atom is 0.167 e. The highest BCUT2D eigenvalue weighted by Gasteiger charge is 2.43. The number of hydrogen-bond acceptors (Lipinski definition) is 5. The quantitative estimate of drug-likeness (QED) is 0.455. The van der Waals surface area contributed by atoms with Gasteiger partial charge in [0.1, 0.15) is 17.3 Å². The van der Waals surface area contributed by atoms with E-state index in [2.05, 4.69) is 11.0 Å². The van der Waals surface area contributed by atoms with Crippen molar-refractivity contribution in [3.63, 3.8) is 0 Å². The average Bonchev–Trinajstić information content (AvgIpc) is 2.84. The molecule has 1 radical (unpaired) electrons. The molecule has 3 atom stereocenters. The van der Waals surface area contributed by atoms with E-state index in [0.29, 0.717) is 42.9 Å². The Morgan fingerprint density at radius 3 is 2.68 bits per heavy atom. The topological polar surface area (TPSA) is 86.8 Å². The molecule has 1 aliphatic rings. The van der Waals surface area contributed by atoms with E-state index < -0.39 is 5.92 Å². The number of phenolic OH excluding ortho intramolecular Hbond substituents is 2. The van der Waals surface area contributed by atoms with Gasteiger partial charge in [-0.25, -0.2) is 4.39 Å². The zero-order chi connectivity index (χ0) is 24.2. The molecule has 6 heteroatoms. The molecule has 5 nitrogen and oxygen atoms in total. The van der Waals surface area contributed by atoms with Gasteiger partial charge >= 0.3 is 0 Å². The molecule has 4 rings (SSSR count). The molecule has 177 valence electrons. The lowest BCUT2D eigenvalue weighted by Gasteiger charge is -2.44. The lowest BCUT2D eigenvalue weighted by atomic mass is 9.67. The van der Waals surface area contributed by atoms with Crippen LogP contribution in [0.5, 0.6) is 11.5 Å². The van der Waals surface area contributed by atoms with Crippen LogP contribution in [0.15, 0.2) is 60.7 Å². The number of ketones is 1. The van der Waals surface area contributed by atoms with Crippen LogP contribution < -0.4 is 5.73 Å². The highest BCUT2D eigenvalue weighted by atomic mass is 19.1. The zero-order valence-electron chi connectivity index (χ0n) is 19.2. The number of nitrogens with zero attached hydrogens (tertiary/aromatic N) is 1. The third kappa shape index (κ3) is 4.83. The van der Waals surface area contributed by atoms with Crippen LogP contribution in [0.3, 0.4) is 0 Å². The normalized spacial score (nSPS) is 20.9. The molecule has 0 saturated carbocycles. The van der Waals surface area contributed by atoms with Gasteiger partial charge in [0.2, 0.25) is 0 Å². The number of halogens is 1. The molecule has 1 aliphatic heterocycles. The minimum absolute atomic E-state index is 0.0212. The Morgan fingerprint density at radius 1 is 1.15 bits per heavy atom. The Kier molecular flexibility index (Phi) is 7.29. The summed E-state index contributed by atoms with van der Waals surface area (Å²) in [5, 5.41) is 20.7. The Balaban J connectivity index is 1.87. The number of carbonyl (C=O) groups is 1. The number of benzene rings is 3. The predicted molar refractivity (Wildman–Crippen MR) is 130 cm³/mol. The zero-order valence-corrected chi connectivity index (χ0v) is 19.2. The van der Waals surface area contributed by atoms with Crippen LogP contribution in [-0.4, -0.2) is 47.1 Å². The highest BCUT2D eigenvalue weighted by molar-refractivity contribution is 5.99. The van der Waals surface area contributed by atoms with Crippen LogP contribution in [0.2, 0.25) is 0 Å². The van der Waals surface area contributed by atoms with Gasteiger partial charge in [0, 0.05) is 36.4 Å². The first kappa shape index (κ1) is 23.9. The summed E-state index contributed by atoms with van der Waals surface area (Å²) in [6.45, 7) is 4.06. The average molecular weight is 462 g/mol. The van der Waals surface area contributed by atoms with E-state index in [0.717, 1.165) is 12.0 Å². The van der Waals surface area contributed by atoms with Crippen molar-refractivity contribution in [1.82, 2.24) is 4.90 Å². The Morgan fingerprint density at radius 2 is 1.94 bits per heavy atom. The number of carbonyl (C=O) groups excluding carboxylic acids is 1. The van der Waals surface area contributed by atoms with E-state index in [1.807, 2.05) is 12.1 Å². The van der Waals surface area contributed by atoms with Crippen LogP contribution in [0, 0.1) is 24.7 Å². The fraction of sp³-hybridized carbons (Fsp3) is 0.321. The van der Waals surface area contributed by atoms with Gasteiger partial charge in [-0.15, -0.1) is 0 Å². The lowest BCUT2D eigenvalue weighted by molar-refractivity contribution is 0.0736. The van der Waals surface area contributed by atoms with Gasteiger partial charge in [-0.3, -0.25) is 4.79 Å². The summed E-state index contributed by atoms with van der Waals surface area (Å²) in [7, 11) is 0. The largest absolute Gasteiger partial charge is 0.508 e. The van der Waals surface area contributed by atoms with E-state index in [4.69, 9.17) is 5.73 Å². The fourth-order valence-electron chi connectivity index (χ4n) is 5.21. The van der Waals surface area contributed by atoms with E-state index in [9.17, 15) is 19.4 Å². The molecule has 34 heavy (non-hydrogen) atoms. The number of aromatic hydroxyl groups is 2. The van der Waals surface area contributed by atoms with E-state index in [-0.39, 0.29) is 34.9 Å². The van der Waals surface area contributed by atoms with E-state index in [1.165, 1.54) is 24.3 Å². The summed E-state index contributed by atoms with van der Waals surface area (Å²) < 4.78 is 14.7. The van der Waals surface area contributed by atoms with Crippen LogP contribution in [0.1, 0.15) is 45.3 Å². The number of piperidine rings is 1. The molecule has 0 amide bonds. The number of phenols is 2. The second kappa shape index (κ2) is 10.4. The van der Waals surface area contributed by atoms with Gasteiger partial charge in [-0.05, 0) is 73.5 Å². The number of Topliss-reactive ketones (excluding diaryl/α,β-unsaturated/α-hetero) is 1. The predicted octanol–water partition coefficient (Wildman–Crippen LogP) is 4.38. The minimum Gasteiger partial charge on any atom is -0.508 e. The molecule has 3 aromatic carbocycles. The molecular weight excluding hydrogens is 431 g/mol. The SMILES string of the molecule is Cc1c(F)cccc1C1C(C(=O)c2cccc(O)c2)CN(CCCN)CC1c1cc[c]cc1O. The molecule has 0 spiro atoms. The Hall–Kier alpha value is -3.22. The fourth-order valence-corrected chi connectivity index (χ4v) is 5.21. The molecule has 0 bridgehead atoms. The smallest absolute Gasteiger partial charge is 0.167 e. The highest BCUT2D eigenvalue weighted by Crippen LogP contribution is 2.47. The van der Waals surface area contributed by atoms with E-state index >= 15 is 0 Å². The first-order valence-corrected chi connectivity index (χ1v) is 11.6. The van der Waals surface area contributed by atoms with Gasteiger partial charge in [0.25, 0.3) is 0 Å². The summed E-state index contributed by atoms with van der Waals surface area (Å²) in [4.78, 5) is 16.1. The first-order valence-electron chi connectivity index (χ1n) is 11.6. The maximum absolute atomic E-state index is 14.7. The van der Waals surface area contributed by atoms with Gasteiger partial charge in [0.05, 0.1) is 0 Å². The molecule has 0 aliphatic carbocycles. The third-order valence-corrected chi connectivity index (χ3v) is 6.87. The summed E-state index contributed by atoms with van der Waals surface area (Å²) in [5.74, 6) is -1.45. The standard InChI is InChI=1S/C28H30FN2O3/c1-18-21(10-5-11-25(18)29)27-23(22-9-2-3-12-26(22)33)16-31(14-6-13-30)17-24(27)28(34)19-7-4-8-20(32)15-19/h2,4-5,7-12,15,23-24,27,32-33H,6,13-14,16-17,30H2,1H3. The minimum atomic E-state index is -0.512. The molecule has 3 unspecified atom stereocenters. The summed E-state index contributed by atoms with van der Waals surface area (Å²) in [5.41, 5.74) is 8.15. The second-order valence-corrected chi connectivity index (χ2v) is 8.99. The molecule has 1 heterocycles. The molecule has 4 N–H and O–H groups in total. The van der Waals surface area contributed by atoms with Crippen LogP contribution in [0.4, 0.5) is 4.39 Å². The van der Waals surface area contributed by atoms with Crippen LogP contribution in [-0.2, 0) is 0 Å². The summed E-state index contributed by atoms with van der Waals surface area (Å²) in [6.07, 6.45) is 0.776. The first-order chi connectivity index (χ1) is 16.4. The van der Waals surface area contributed by atoms with Crippen molar-refractivity contribution in [2.24, 2.45) is 11.7 Å². The number of rotatable bonds is 7. The van der Waals surface area contributed by atoms with Gasteiger partial charge in [0.15, 0.2) is 5.78 Å². The summed E-state index contributed by atoms with van der Waals surface area (Å²) in [6, 6.07) is 19.3. The van der Waals surface area contributed by atoms with E-state index in [1.54, 1.807) is 31.2 Å². The maximum atomic E-state index is 14.7. The molecule has 0 aromatic heterocycles. The van der Waals surface area contributed by atoms with Gasteiger partial charge < -0.3 is 20.8 Å². The number of nitrogens with two attached hydrogens (primary N) is 1. The van der Waals surface area contributed by atoms with Crippen molar-refractivity contribution in [2.75, 3.05) is 26.2 Å². The van der Waals surface area contributed by atoms with Crippen LogP contribution in [0.25, 0.3) is 0 Å². The van der Waals surface area contributed by atoms with Crippen molar-refractivity contribution in [3.8, 4) is 11.5 Å². The molecular formula is C28H30FN2O3. The van der Waals surface area contributed by atoms with Crippen molar-refractivity contribution < 1.29 is 19.4 Å². The van der Waals surface area contributed by atoms with Gasteiger partial charge in [-0.1, -0.05) is 36.4 Å². The van der Waals surface area contributed by atoms with Crippen molar-refractivity contribution >= 4 is 5.78 Å². The molecule has 3 aromatic rings. The number of hydrogen-bond donors (Lipinski definition) is 3. The Labute approximate surface area is 199 Å². The molecule has 1 fully saturated rings. The Bertz CT molecular complexity index is 1170. The van der Waals surface area contributed by atoms with Crippen molar-refractivity contribution in [3.05, 3.63) is 94.8 Å². The summed E-state index contributed by atoms with van der Waals surface area (Å²) >= 11 is 0. The van der Waals surface area contributed by atoms with Crippen molar-refractivity contribution in [2.45, 2.75) is 25.2 Å². The third-order valence-electron chi connectivity index (χ3n) is 6.87. The monoisotopic (exact) mass is 461 g/mol. The van der Waals surface area contributed by atoms with Crippen molar-refractivity contribution in [1.29, 1.82) is 0 Å². The van der Waals surface area contributed by atoms with Gasteiger partial charge in [-0.2, -0.15) is 0 Å².